The van der Waals surface area contributed by atoms with Crippen LogP contribution < -0.4 is 5.32 Å². The fourth-order valence-corrected chi connectivity index (χ4v) is 5.44. The fraction of sp³-hybridized carbons (Fsp3) is 0.429. The van der Waals surface area contributed by atoms with Gasteiger partial charge in [0.15, 0.2) is 0 Å². The number of carbonyl (C=O) groups excluding carboxylic acids is 2. The molecule has 2 heterocycles. The van der Waals surface area contributed by atoms with Crippen LogP contribution in [0.15, 0.2) is 30.3 Å². The van der Waals surface area contributed by atoms with E-state index >= 15 is 0 Å². The third-order valence-electron chi connectivity index (χ3n) is 5.68. The summed E-state index contributed by atoms with van der Waals surface area (Å²) in [7, 11) is 0. The van der Waals surface area contributed by atoms with Gasteiger partial charge in [-0.3, -0.25) is 9.59 Å². The second-order valence-electron chi connectivity index (χ2n) is 7.70. The molecule has 0 bridgehead atoms. The molecular weight excluding hydrogens is 431 g/mol. The molecule has 0 radical (unpaired) electrons. The molecule has 1 saturated carbocycles. The molecule has 0 spiro atoms. The Morgan fingerprint density at radius 1 is 1.17 bits per heavy atom. The Morgan fingerprint density at radius 2 is 1.79 bits per heavy atom. The molecule has 2 fully saturated rings. The van der Waals surface area contributed by atoms with E-state index in [9.17, 15) is 9.59 Å². The summed E-state index contributed by atoms with van der Waals surface area (Å²) < 4.78 is 4.30. The number of anilines is 1. The van der Waals surface area contributed by atoms with Crippen molar-refractivity contribution in [2.75, 3.05) is 31.6 Å². The van der Waals surface area contributed by atoms with Gasteiger partial charge in [0.1, 0.15) is 9.33 Å². The molecular formula is C21H22Cl2N2O3S. The van der Waals surface area contributed by atoms with Crippen molar-refractivity contribution in [1.29, 1.82) is 0 Å². The molecule has 29 heavy (non-hydrogen) atoms. The minimum absolute atomic E-state index is 0.0940. The number of amides is 2. The summed E-state index contributed by atoms with van der Waals surface area (Å²) in [5, 5.41) is 3.49. The minimum Gasteiger partial charge on any atom is -0.378 e. The molecule has 5 nitrogen and oxygen atoms in total. The van der Waals surface area contributed by atoms with Gasteiger partial charge in [-0.25, -0.2) is 0 Å². The average molecular weight is 453 g/mol. The topological polar surface area (TPSA) is 58.6 Å². The highest BCUT2D eigenvalue weighted by molar-refractivity contribution is 7.20. The summed E-state index contributed by atoms with van der Waals surface area (Å²) >= 11 is 13.8. The van der Waals surface area contributed by atoms with Crippen LogP contribution in [0.3, 0.4) is 0 Å². The normalized spacial score (nSPS) is 23.0. The van der Waals surface area contributed by atoms with Gasteiger partial charge in [-0.05, 0) is 31.4 Å². The largest absolute Gasteiger partial charge is 0.378 e. The Hall–Kier alpha value is -1.60. The number of benzene rings is 1. The number of hydrogen-bond acceptors (Lipinski definition) is 4. The molecule has 8 heteroatoms. The molecule has 4 rings (SSSR count). The standard InChI is InChI=1S/C21H22Cl2N2O3S/c1-13-15(18(26)25-8-10-28-11-9-25)17(24-19(27)20(2)12-21(20,22)23)29-16(13)14-6-4-3-5-7-14/h3-7H,8-12H2,1-2H3,(H,24,27). The lowest BCUT2D eigenvalue weighted by Gasteiger charge is -2.27. The Labute approximate surface area is 183 Å². The number of nitrogens with one attached hydrogen (secondary N) is 1. The van der Waals surface area contributed by atoms with Crippen molar-refractivity contribution in [3.8, 4) is 10.4 Å². The molecule has 1 aromatic carbocycles. The lowest BCUT2D eigenvalue weighted by atomic mass is 10.0. The summed E-state index contributed by atoms with van der Waals surface area (Å²) in [6.07, 6.45) is 0.386. The zero-order valence-corrected chi connectivity index (χ0v) is 18.6. The van der Waals surface area contributed by atoms with Crippen LogP contribution in [-0.2, 0) is 9.53 Å². The maximum atomic E-state index is 13.3. The first-order chi connectivity index (χ1) is 13.7. The molecule has 2 aliphatic rings. The molecule has 1 saturated heterocycles. The molecule has 1 aliphatic carbocycles. The second-order valence-corrected chi connectivity index (χ2v) is 10.2. The SMILES string of the molecule is Cc1c(-c2ccccc2)sc(NC(=O)C2(C)CC2(Cl)Cl)c1C(=O)N1CCOCC1. The second kappa shape index (κ2) is 7.58. The van der Waals surface area contributed by atoms with E-state index in [0.29, 0.717) is 43.3 Å². The fourth-order valence-electron chi connectivity index (χ4n) is 3.54. The van der Waals surface area contributed by atoms with E-state index in [1.807, 2.05) is 37.3 Å². The number of carbonyl (C=O) groups is 2. The first-order valence-electron chi connectivity index (χ1n) is 9.50. The average Bonchev–Trinajstić information content (AvgIpc) is 3.08. The number of ether oxygens (including phenoxy) is 1. The maximum absolute atomic E-state index is 13.3. The Kier molecular flexibility index (Phi) is 5.40. The van der Waals surface area contributed by atoms with Crippen molar-refractivity contribution in [2.45, 2.75) is 24.6 Å². The predicted octanol–water partition coefficient (Wildman–Crippen LogP) is 4.72. The van der Waals surface area contributed by atoms with Gasteiger partial charge in [0.2, 0.25) is 5.91 Å². The lowest BCUT2D eigenvalue weighted by molar-refractivity contribution is -0.120. The first-order valence-corrected chi connectivity index (χ1v) is 11.1. The van der Waals surface area contributed by atoms with Crippen LogP contribution in [0.4, 0.5) is 5.00 Å². The maximum Gasteiger partial charge on any atom is 0.257 e. The number of thiophene rings is 1. The summed E-state index contributed by atoms with van der Waals surface area (Å²) in [5.74, 6) is -0.358. The Balaban J connectivity index is 1.72. The van der Waals surface area contributed by atoms with Crippen molar-refractivity contribution in [3.63, 3.8) is 0 Å². The Bertz CT molecular complexity index is 954. The lowest BCUT2D eigenvalue weighted by Crippen LogP contribution is -2.41. The Morgan fingerprint density at radius 3 is 2.38 bits per heavy atom. The van der Waals surface area contributed by atoms with Crippen LogP contribution in [0.2, 0.25) is 0 Å². The van der Waals surface area contributed by atoms with Gasteiger partial charge in [-0.15, -0.1) is 34.5 Å². The number of alkyl halides is 2. The van der Waals surface area contributed by atoms with Crippen LogP contribution in [0.5, 0.6) is 0 Å². The van der Waals surface area contributed by atoms with Crippen molar-refractivity contribution in [3.05, 3.63) is 41.5 Å². The van der Waals surface area contributed by atoms with Gasteiger partial charge in [0, 0.05) is 18.0 Å². The summed E-state index contributed by atoms with van der Waals surface area (Å²) in [5.41, 5.74) is 1.54. The van der Waals surface area contributed by atoms with Crippen LogP contribution in [-0.4, -0.2) is 47.4 Å². The molecule has 2 aromatic rings. The van der Waals surface area contributed by atoms with Gasteiger partial charge < -0.3 is 15.0 Å². The summed E-state index contributed by atoms with van der Waals surface area (Å²) in [4.78, 5) is 29.0. The van der Waals surface area contributed by atoms with Gasteiger partial charge in [0.05, 0.1) is 24.2 Å². The number of morpholine rings is 1. The molecule has 1 unspecified atom stereocenters. The number of rotatable bonds is 4. The van der Waals surface area contributed by atoms with Crippen LogP contribution in [0.1, 0.15) is 29.3 Å². The van der Waals surface area contributed by atoms with Crippen molar-refractivity contribution in [1.82, 2.24) is 4.90 Å². The minimum atomic E-state index is -1.07. The first kappa shape index (κ1) is 20.7. The van der Waals surface area contributed by atoms with E-state index in [2.05, 4.69) is 5.32 Å². The zero-order valence-electron chi connectivity index (χ0n) is 16.3. The highest BCUT2D eigenvalue weighted by Crippen LogP contribution is 2.64. The van der Waals surface area contributed by atoms with Gasteiger partial charge in [-0.2, -0.15) is 0 Å². The van der Waals surface area contributed by atoms with Crippen LogP contribution >= 0.6 is 34.5 Å². The molecule has 1 atom stereocenters. The van der Waals surface area contributed by atoms with E-state index in [4.69, 9.17) is 27.9 Å². The van der Waals surface area contributed by atoms with E-state index < -0.39 is 9.75 Å². The third kappa shape index (κ3) is 3.67. The van der Waals surface area contributed by atoms with E-state index in [1.165, 1.54) is 11.3 Å². The van der Waals surface area contributed by atoms with Gasteiger partial charge >= 0.3 is 0 Å². The molecule has 1 N–H and O–H groups in total. The third-order valence-corrected chi connectivity index (χ3v) is 8.04. The van der Waals surface area contributed by atoms with E-state index in [1.54, 1.807) is 11.8 Å². The molecule has 1 aromatic heterocycles. The molecule has 2 amide bonds. The van der Waals surface area contributed by atoms with E-state index in [-0.39, 0.29) is 11.8 Å². The van der Waals surface area contributed by atoms with Crippen LogP contribution in [0.25, 0.3) is 10.4 Å². The number of hydrogen-bond donors (Lipinski definition) is 1. The summed E-state index contributed by atoms with van der Waals surface area (Å²) in [6, 6.07) is 9.85. The monoisotopic (exact) mass is 452 g/mol. The molecule has 154 valence electrons. The summed E-state index contributed by atoms with van der Waals surface area (Å²) in [6.45, 7) is 5.76. The van der Waals surface area contributed by atoms with Crippen molar-refractivity contribution >= 4 is 51.4 Å². The highest BCUT2D eigenvalue weighted by atomic mass is 35.5. The smallest absolute Gasteiger partial charge is 0.257 e. The van der Waals surface area contributed by atoms with Gasteiger partial charge in [0.25, 0.3) is 5.91 Å². The van der Waals surface area contributed by atoms with Crippen molar-refractivity contribution in [2.24, 2.45) is 5.41 Å². The van der Waals surface area contributed by atoms with Crippen LogP contribution in [0, 0.1) is 12.3 Å². The number of halogens is 2. The zero-order chi connectivity index (χ0) is 20.8. The van der Waals surface area contributed by atoms with E-state index in [0.717, 1.165) is 16.0 Å². The quantitative estimate of drug-likeness (QED) is 0.682. The molecule has 1 aliphatic heterocycles. The number of nitrogens with zero attached hydrogens (tertiary/aromatic N) is 1. The van der Waals surface area contributed by atoms with Gasteiger partial charge in [-0.1, -0.05) is 30.3 Å². The highest BCUT2D eigenvalue weighted by Gasteiger charge is 2.68. The van der Waals surface area contributed by atoms with Crippen molar-refractivity contribution < 1.29 is 14.3 Å². The predicted molar refractivity (Wildman–Crippen MR) is 117 cm³/mol.